The SMILES string of the molecule is C1=C2CC[C@H]3[C@@H]4CCC[C@H]4CC[C@@H]3[C@H]2CCC1. The summed E-state index contributed by atoms with van der Waals surface area (Å²) in [5, 5.41) is 0. The van der Waals surface area contributed by atoms with Crippen LogP contribution < -0.4 is 0 Å². The van der Waals surface area contributed by atoms with Crippen LogP contribution in [-0.4, -0.2) is 0 Å². The molecule has 4 rings (SSSR count). The van der Waals surface area contributed by atoms with Gasteiger partial charge in [0.2, 0.25) is 0 Å². The van der Waals surface area contributed by atoms with E-state index in [1.165, 1.54) is 25.7 Å². The van der Waals surface area contributed by atoms with Crippen molar-refractivity contribution in [2.45, 2.75) is 64.2 Å². The summed E-state index contributed by atoms with van der Waals surface area (Å²) in [6.07, 6.45) is 17.9. The molecule has 3 fully saturated rings. The van der Waals surface area contributed by atoms with Crippen molar-refractivity contribution < 1.29 is 0 Å². The minimum atomic E-state index is 1.03. The van der Waals surface area contributed by atoms with Gasteiger partial charge in [0.1, 0.15) is 0 Å². The molecule has 0 amide bonds. The minimum absolute atomic E-state index is 1.03. The Morgan fingerprint density at radius 3 is 2.76 bits per heavy atom. The smallest absolute Gasteiger partial charge is 0.0172 e. The monoisotopic (exact) mass is 230 g/mol. The molecule has 4 aliphatic rings. The van der Waals surface area contributed by atoms with Crippen LogP contribution in [0, 0.1) is 29.6 Å². The zero-order valence-corrected chi connectivity index (χ0v) is 11.0. The van der Waals surface area contributed by atoms with Gasteiger partial charge in [0.05, 0.1) is 0 Å². The zero-order valence-electron chi connectivity index (χ0n) is 11.0. The first kappa shape index (κ1) is 10.6. The third-order valence-electron chi connectivity index (χ3n) is 6.57. The number of hydrogen-bond donors (Lipinski definition) is 0. The number of allylic oxidation sites excluding steroid dienone is 2. The molecular formula is C17H26. The summed E-state index contributed by atoms with van der Waals surface area (Å²) >= 11 is 0. The fourth-order valence-electron chi connectivity index (χ4n) is 5.93. The lowest BCUT2D eigenvalue weighted by molar-refractivity contribution is 0.0490. The molecule has 0 heterocycles. The van der Waals surface area contributed by atoms with Gasteiger partial charge >= 0.3 is 0 Å². The van der Waals surface area contributed by atoms with Gasteiger partial charge in [-0.25, -0.2) is 0 Å². The van der Waals surface area contributed by atoms with Gasteiger partial charge in [-0.3, -0.25) is 0 Å². The normalized spacial score (nSPS) is 48.9. The minimum Gasteiger partial charge on any atom is -0.0850 e. The molecule has 5 atom stereocenters. The number of fused-ring (bicyclic) bond motifs is 5. The van der Waals surface area contributed by atoms with Crippen LogP contribution in [0.1, 0.15) is 64.2 Å². The van der Waals surface area contributed by atoms with E-state index in [2.05, 4.69) is 6.08 Å². The first-order valence-electron chi connectivity index (χ1n) is 8.12. The van der Waals surface area contributed by atoms with Crippen molar-refractivity contribution in [2.24, 2.45) is 29.6 Å². The highest BCUT2D eigenvalue weighted by Gasteiger charge is 2.46. The van der Waals surface area contributed by atoms with Crippen LogP contribution in [0.2, 0.25) is 0 Å². The molecule has 0 spiro atoms. The van der Waals surface area contributed by atoms with Crippen molar-refractivity contribution >= 4 is 0 Å². The summed E-state index contributed by atoms with van der Waals surface area (Å²) in [5.74, 6) is 5.57. The number of hydrogen-bond acceptors (Lipinski definition) is 0. The quantitative estimate of drug-likeness (QED) is 0.517. The molecule has 3 saturated carbocycles. The predicted molar refractivity (Wildman–Crippen MR) is 71.7 cm³/mol. The lowest BCUT2D eigenvalue weighted by atomic mass is 9.56. The van der Waals surface area contributed by atoms with E-state index in [-0.39, 0.29) is 0 Å². The zero-order chi connectivity index (χ0) is 11.2. The molecule has 0 heteroatoms. The second-order valence-electron chi connectivity index (χ2n) is 7.12. The van der Waals surface area contributed by atoms with Crippen molar-refractivity contribution in [2.75, 3.05) is 0 Å². The molecule has 0 aromatic rings. The molecule has 0 saturated heterocycles. The summed E-state index contributed by atoms with van der Waals surface area (Å²) in [7, 11) is 0. The van der Waals surface area contributed by atoms with Crippen molar-refractivity contribution in [3.05, 3.63) is 11.6 Å². The molecule has 0 unspecified atom stereocenters. The second-order valence-corrected chi connectivity index (χ2v) is 7.12. The Kier molecular flexibility index (Phi) is 2.59. The van der Waals surface area contributed by atoms with Gasteiger partial charge in [0.25, 0.3) is 0 Å². The molecule has 0 N–H and O–H groups in total. The molecule has 0 aromatic heterocycles. The molecule has 0 bridgehead atoms. The molecule has 17 heavy (non-hydrogen) atoms. The van der Waals surface area contributed by atoms with Crippen molar-refractivity contribution in [1.29, 1.82) is 0 Å². The summed E-state index contributed by atoms with van der Waals surface area (Å²) < 4.78 is 0. The Bertz CT molecular complexity index is 327. The topological polar surface area (TPSA) is 0 Å². The summed E-state index contributed by atoms with van der Waals surface area (Å²) in [6, 6.07) is 0. The van der Waals surface area contributed by atoms with Crippen LogP contribution in [0.5, 0.6) is 0 Å². The Morgan fingerprint density at radius 2 is 1.76 bits per heavy atom. The van der Waals surface area contributed by atoms with E-state index in [0.717, 1.165) is 29.6 Å². The van der Waals surface area contributed by atoms with Gasteiger partial charge in [0, 0.05) is 0 Å². The first-order valence-corrected chi connectivity index (χ1v) is 8.12. The van der Waals surface area contributed by atoms with Crippen molar-refractivity contribution in [3.63, 3.8) is 0 Å². The van der Waals surface area contributed by atoms with E-state index in [0.29, 0.717) is 0 Å². The van der Waals surface area contributed by atoms with Gasteiger partial charge < -0.3 is 0 Å². The van der Waals surface area contributed by atoms with Gasteiger partial charge in [-0.15, -0.1) is 0 Å². The molecular weight excluding hydrogens is 204 g/mol. The van der Waals surface area contributed by atoms with E-state index in [4.69, 9.17) is 0 Å². The maximum Gasteiger partial charge on any atom is -0.0172 e. The van der Waals surface area contributed by atoms with Crippen LogP contribution in [0.3, 0.4) is 0 Å². The van der Waals surface area contributed by atoms with Gasteiger partial charge in [0.15, 0.2) is 0 Å². The van der Waals surface area contributed by atoms with E-state index >= 15 is 0 Å². The van der Waals surface area contributed by atoms with Crippen LogP contribution in [0.15, 0.2) is 11.6 Å². The van der Waals surface area contributed by atoms with Gasteiger partial charge in [-0.2, -0.15) is 0 Å². The maximum atomic E-state index is 2.62. The van der Waals surface area contributed by atoms with E-state index in [1.54, 1.807) is 38.5 Å². The third-order valence-corrected chi connectivity index (χ3v) is 6.57. The fourth-order valence-corrected chi connectivity index (χ4v) is 5.93. The summed E-state index contributed by atoms with van der Waals surface area (Å²) in [6.45, 7) is 0. The Balaban J connectivity index is 1.61. The summed E-state index contributed by atoms with van der Waals surface area (Å²) in [4.78, 5) is 0. The average Bonchev–Trinajstić information content (AvgIpc) is 2.86. The Morgan fingerprint density at radius 1 is 0.765 bits per heavy atom. The first-order chi connectivity index (χ1) is 8.43. The molecule has 0 nitrogen and oxygen atoms in total. The summed E-state index contributed by atoms with van der Waals surface area (Å²) in [5.41, 5.74) is 1.88. The van der Waals surface area contributed by atoms with Crippen molar-refractivity contribution in [3.8, 4) is 0 Å². The van der Waals surface area contributed by atoms with Crippen LogP contribution in [-0.2, 0) is 0 Å². The highest BCUT2D eigenvalue weighted by molar-refractivity contribution is 5.16. The largest absolute Gasteiger partial charge is 0.0850 e. The van der Waals surface area contributed by atoms with E-state index < -0.39 is 0 Å². The predicted octanol–water partition coefficient (Wildman–Crippen LogP) is 4.95. The van der Waals surface area contributed by atoms with E-state index in [9.17, 15) is 0 Å². The van der Waals surface area contributed by atoms with Crippen LogP contribution in [0.4, 0.5) is 0 Å². The lowest BCUT2D eigenvalue weighted by Crippen LogP contribution is -2.40. The highest BCUT2D eigenvalue weighted by Crippen LogP contribution is 2.56. The van der Waals surface area contributed by atoms with E-state index in [1.807, 2.05) is 5.57 Å². The Labute approximate surface area is 106 Å². The Hall–Kier alpha value is -0.260. The fraction of sp³-hybridized carbons (Fsp3) is 0.882. The molecule has 94 valence electrons. The van der Waals surface area contributed by atoms with Crippen molar-refractivity contribution in [1.82, 2.24) is 0 Å². The highest BCUT2D eigenvalue weighted by atomic mass is 14.5. The average molecular weight is 230 g/mol. The third kappa shape index (κ3) is 1.63. The molecule has 0 aliphatic heterocycles. The standard InChI is InChI=1S/C17H26/c1-2-6-14-12(4-1)8-10-17-15-7-3-5-13(15)9-11-16(14)17/h4,13-17H,1-3,5-11H2/t13-,14-,15+,16+,17-/m0/s1. The maximum absolute atomic E-state index is 2.62. The molecule has 0 radical (unpaired) electrons. The van der Waals surface area contributed by atoms with Crippen LogP contribution >= 0.6 is 0 Å². The van der Waals surface area contributed by atoms with Gasteiger partial charge in [-0.05, 0) is 81.0 Å². The number of rotatable bonds is 0. The van der Waals surface area contributed by atoms with Gasteiger partial charge in [-0.1, -0.05) is 24.5 Å². The van der Waals surface area contributed by atoms with Crippen LogP contribution in [0.25, 0.3) is 0 Å². The molecule has 4 aliphatic carbocycles. The molecule has 0 aromatic carbocycles. The second kappa shape index (κ2) is 4.14. The lowest BCUT2D eigenvalue weighted by Gasteiger charge is -2.49.